The van der Waals surface area contributed by atoms with E-state index >= 15 is 0 Å². The minimum atomic E-state index is -0.590. The van der Waals surface area contributed by atoms with Gasteiger partial charge in [0.15, 0.2) is 0 Å². The number of aliphatic hydroxyl groups is 1. The highest BCUT2D eigenvalue weighted by molar-refractivity contribution is 7.99. The van der Waals surface area contributed by atoms with Gasteiger partial charge in [-0.25, -0.2) is 4.98 Å². The van der Waals surface area contributed by atoms with Crippen molar-refractivity contribution < 1.29 is 9.84 Å². The second-order valence-electron chi connectivity index (χ2n) is 2.95. The van der Waals surface area contributed by atoms with E-state index in [2.05, 4.69) is 16.9 Å². The van der Waals surface area contributed by atoms with Crippen molar-refractivity contribution in [3.63, 3.8) is 0 Å². The average molecular weight is 228 g/mol. The maximum atomic E-state index is 9.86. The van der Waals surface area contributed by atoms with E-state index in [1.165, 1.54) is 7.11 Å². The monoisotopic (exact) mass is 228 g/mol. The van der Waals surface area contributed by atoms with Crippen molar-refractivity contribution in [2.45, 2.75) is 19.4 Å². The van der Waals surface area contributed by atoms with Crippen LogP contribution in [0.15, 0.2) is 12.4 Å². The molecule has 1 heterocycles. The van der Waals surface area contributed by atoms with E-state index in [9.17, 15) is 5.11 Å². The Balaban J connectivity index is 2.59. The molecule has 0 spiro atoms. The van der Waals surface area contributed by atoms with Crippen LogP contribution in [0.3, 0.4) is 0 Å². The summed E-state index contributed by atoms with van der Waals surface area (Å²) in [6, 6.07) is 0. The molecule has 1 aromatic rings. The highest BCUT2D eigenvalue weighted by atomic mass is 32.2. The van der Waals surface area contributed by atoms with Crippen molar-refractivity contribution in [1.29, 1.82) is 0 Å². The van der Waals surface area contributed by atoms with Crippen LogP contribution in [0.25, 0.3) is 0 Å². The average Bonchev–Trinajstić information content (AvgIpc) is 2.29. The lowest BCUT2D eigenvalue weighted by Gasteiger charge is -2.11. The molecule has 1 atom stereocenters. The Labute approximate surface area is 94.1 Å². The second kappa shape index (κ2) is 6.63. The predicted octanol–water partition coefficient (Wildman–Crippen LogP) is 1.66. The molecule has 0 saturated carbocycles. The third-order valence-corrected chi connectivity index (χ3v) is 2.87. The van der Waals surface area contributed by atoms with Gasteiger partial charge in [-0.15, -0.1) is 0 Å². The number of hydrogen-bond donors (Lipinski definition) is 1. The van der Waals surface area contributed by atoms with Crippen molar-refractivity contribution in [1.82, 2.24) is 9.97 Å². The zero-order valence-electron chi connectivity index (χ0n) is 9.01. The quantitative estimate of drug-likeness (QED) is 0.750. The molecule has 0 aliphatic rings. The molecule has 0 amide bonds. The molecule has 0 aliphatic heterocycles. The van der Waals surface area contributed by atoms with E-state index in [1.54, 1.807) is 24.2 Å². The fourth-order valence-electron chi connectivity index (χ4n) is 1.20. The molecule has 4 nitrogen and oxygen atoms in total. The van der Waals surface area contributed by atoms with E-state index in [0.717, 1.165) is 11.5 Å². The third kappa shape index (κ3) is 3.68. The van der Waals surface area contributed by atoms with E-state index in [1.807, 2.05) is 0 Å². The van der Waals surface area contributed by atoms with Gasteiger partial charge in [-0.3, -0.25) is 4.98 Å². The summed E-state index contributed by atoms with van der Waals surface area (Å²) in [4.78, 5) is 8.08. The van der Waals surface area contributed by atoms with Crippen LogP contribution < -0.4 is 4.74 Å². The lowest BCUT2D eigenvalue weighted by atomic mass is 10.2. The highest BCUT2D eigenvalue weighted by Crippen LogP contribution is 2.23. The summed E-state index contributed by atoms with van der Waals surface area (Å²) >= 11 is 1.80. The van der Waals surface area contributed by atoms with E-state index < -0.39 is 6.10 Å². The summed E-state index contributed by atoms with van der Waals surface area (Å²) in [5, 5.41) is 9.86. The van der Waals surface area contributed by atoms with E-state index in [-0.39, 0.29) is 0 Å². The van der Waals surface area contributed by atoms with Gasteiger partial charge in [-0.1, -0.05) is 6.92 Å². The van der Waals surface area contributed by atoms with Gasteiger partial charge in [-0.2, -0.15) is 11.8 Å². The fourth-order valence-corrected chi connectivity index (χ4v) is 1.88. The number of nitrogens with zero attached hydrogens (tertiary/aromatic N) is 2. The SMILES string of the molecule is CCSCCC(O)c1nccnc1OC. The van der Waals surface area contributed by atoms with Crippen molar-refractivity contribution in [2.24, 2.45) is 0 Å². The first-order valence-corrected chi connectivity index (χ1v) is 6.05. The van der Waals surface area contributed by atoms with Crippen molar-refractivity contribution in [2.75, 3.05) is 18.6 Å². The molecule has 1 aromatic heterocycles. The van der Waals surface area contributed by atoms with Crippen molar-refractivity contribution in [3.8, 4) is 5.88 Å². The van der Waals surface area contributed by atoms with Crippen LogP contribution in [0, 0.1) is 0 Å². The number of ether oxygens (including phenoxy) is 1. The summed E-state index contributed by atoms with van der Waals surface area (Å²) in [6.45, 7) is 2.10. The van der Waals surface area contributed by atoms with Gasteiger partial charge >= 0.3 is 0 Å². The number of methoxy groups -OCH3 is 1. The number of thioether (sulfide) groups is 1. The van der Waals surface area contributed by atoms with E-state index in [0.29, 0.717) is 18.0 Å². The molecule has 0 aliphatic carbocycles. The van der Waals surface area contributed by atoms with Crippen molar-refractivity contribution >= 4 is 11.8 Å². The summed E-state index contributed by atoms with van der Waals surface area (Å²) in [6.07, 6.45) is 3.20. The maximum absolute atomic E-state index is 9.86. The minimum Gasteiger partial charge on any atom is -0.480 e. The first kappa shape index (κ1) is 12.3. The maximum Gasteiger partial charge on any atom is 0.238 e. The topological polar surface area (TPSA) is 55.2 Å². The lowest BCUT2D eigenvalue weighted by molar-refractivity contribution is 0.164. The zero-order valence-corrected chi connectivity index (χ0v) is 9.83. The van der Waals surface area contributed by atoms with Crippen molar-refractivity contribution in [3.05, 3.63) is 18.1 Å². The number of hydrogen-bond acceptors (Lipinski definition) is 5. The summed E-state index contributed by atoms with van der Waals surface area (Å²) in [7, 11) is 1.53. The molecule has 1 N–H and O–H groups in total. The Morgan fingerprint density at radius 3 is 2.87 bits per heavy atom. The molecule has 0 radical (unpaired) electrons. The first-order valence-electron chi connectivity index (χ1n) is 4.90. The molecule has 0 aromatic carbocycles. The van der Waals surface area contributed by atoms with Gasteiger partial charge < -0.3 is 9.84 Å². The normalized spacial score (nSPS) is 12.5. The number of aliphatic hydroxyl groups excluding tert-OH is 1. The van der Waals surface area contributed by atoms with Crippen LogP contribution in [0.1, 0.15) is 25.1 Å². The number of rotatable bonds is 6. The Bertz CT molecular complexity index is 297. The minimum absolute atomic E-state index is 0.409. The van der Waals surface area contributed by atoms with Crippen LogP contribution in [0.2, 0.25) is 0 Å². The Kier molecular flexibility index (Phi) is 5.42. The summed E-state index contributed by atoms with van der Waals surface area (Å²) in [5.74, 6) is 2.38. The van der Waals surface area contributed by atoms with Crippen LogP contribution in [0.5, 0.6) is 5.88 Å². The van der Waals surface area contributed by atoms with Gasteiger partial charge in [0, 0.05) is 12.4 Å². The molecular weight excluding hydrogens is 212 g/mol. The third-order valence-electron chi connectivity index (χ3n) is 1.94. The molecular formula is C10H16N2O2S. The van der Waals surface area contributed by atoms with Crippen LogP contribution in [-0.4, -0.2) is 33.7 Å². The molecule has 1 unspecified atom stereocenters. The Morgan fingerprint density at radius 2 is 2.20 bits per heavy atom. The Morgan fingerprint density at radius 1 is 1.47 bits per heavy atom. The molecule has 0 fully saturated rings. The molecule has 15 heavy (non-hydrogen) atoms. The lowest BCUT2D eigenvalue weighted by Crippen LogP contribution is -2.05. The summed E-state index contributed by atoms with van der Waals surface area (Å²) in [5.41, 5.74) is 0.525. The molecule has 0 saturated heterocycles. The summed E-state index contributed by atoms with van der Waals surface area (Å²) < 4.78 is 5.03. The van der Waals surface area contributed by atoms with Crippen LogP contribution >= 0.6 is 11.8 Å². The largest absolute Gasteiger partial charge is 0.480 e. The van der Waals surface area contributed by atoms with Crippen LogP contribution in [0.4, 0.5) is 0 Å². The number of aromatic nitrogens is 2. The molecule has 5 heteroatoms. The highest BCUT2D eigenvalue weighted by Gasteiger charge is 2.14. The Hall–Kier alpha value is -0.810. The van der Waals surface area contributed by atoms with Gasteiger partial charge in [0.2, 0.25) is 5.88 Å². The first-order chi connectivity index (χ1) is 7.29. The smallest absolute Gasteiger partial charge is 0.238 e. The van der Waals surface area contributed by atoms with Gasteiger partial charge in [0.25, 0.3) is 0 Å². The predicted molar refractivity (Wildman–Crippen MR) is 61.2 cm³/mol. The van der Waals surface area contributed by atoms with E-state index in [4.69, 9.17) is 4.74 Å². The molecule has 0 bridgehead atoms. The van der Waals surface area contributed by atoms with Crippen LogP contribution in [-0.2, 0) is 0 Å². The standard InChI is InChI=1S/C10H16N2O2S/c1-3-15-7-4-8(13)9-10(14-2)12-6-5-11-9/h5-6,8,13H,3-4,7H2,1-2H3. The van der Waals surface area contributed by atoms with Gasteiger partial charge in [0.1, 0.15) is 11.8 Å². The fraction of sp³-hybridized carbons (Fsp3) is 0.600. The molecule has 84 valence electrons. The second-order valence-corrected chi connectivity index (χ2v) is 4.35. The van der Waals surface area contributed by atoms with Gasteiger partial charge in [0.05, 0.1) is 7.11 Å². The zero-order chi connectivity index (χ0) is 11.1. The molecule has 1 rings (SSSR count). The van der Waals surface area contributed by atoms with Gasteiger partial charge in [-0.05, 0) is 17.9 Å².